The van der Waals surface area contributed by atoms with Crippen LogP contribution in [0.15, 0.2) is 0 Å². The molecule has 30 heavy (non-hydrogen) atoms. The van der Waals surface area contributed by atoms with E-state index >= 15 is 0 Å². The molecule has 0 aromatic rings. The number of amides is 3. The predicted octanol–water partition coefficient (Wildman–Crippen LogP) is -1.68. The molecule has 0 fully saturated rings. The number of carboxylic acids is 1. The molecular formula is C19H36N4O7. The van der Waals surface area contributed by atoms with Gasteiger partial charge in [0.15, 0.2) is 6.04 Å². The highest BCUT2D eigenvalue weighted by molar-refractivity contribution is 5.94. The summed E-state index contributed by atoms with van der Waals surface area (Å²) in [5.41, 5.74) is 5.78. The number of aliphatic hydroxyl groups excluding tert-OH is 2. The number of carboxylic acid groups (broad SMARTS) is 1. The van der Waals surface area contributed by atoms with Gasteiger partial charge in [0, 0.05) is 0 Å². The number of carbonyl (C=O) groups excluding carboxylic acids is 3. The summed E-state index contributed by atoms with van der Waals surface area (Å²) >= 11 is 0. The molecule has 3 amide bonds. The summed E-state index contributed by atoms with van der Waals surface area (Å²) in [5.74, 6) is -3.88. The van der Waals surface area contributed by atoms with E-state index in [4.69, 9.17) is 10.8 Å². The Balaban J connectivity index is 5.30. The minimum absolute atomic E-state index is 0.154. The molecule has 11 nitrogen and oxygen atoms in total. The Bertz CT molecular complexity index is 597. The number of hydrogen-bond acceptors (Lipinski definition) is 7. The molecule has 0 heterocycles. The summed E-state index contributed by atoms with van der Waals surface area (Å²) in [5, 5.41) is 35.2. The highest BCUT2D eigenvalue weighted by Gasteiger charge is 2.33. The zero-order valence-corrected chi connectivity index (χ0v) is 18.2. The molecule has 11 heteroatoms. The molecule has 0 saturated carbocycles. The maximum Gasteiger partial charge on any atom is 0.328 e. The summed E-state index contributed by atoms with van der Waals surface area (Å²) in [6, 6.07) is -4.88. The number of carbonyl (C=O) groups is 4. The van der Waals surface area contributed by atoms with Crippen molar-refractivity contribution in [3.63, 3.8) is 0 Å². The lowest BCUT2D eigenvalue weighted by molar-refractivity contribution is -0.145. The third-order valence-electron chi connectivity index (χ3n) is 4.72. The summed E-state index contributed by atoms with van der Waals surface area (Å²) < 4.78 is 0. The van der Waals surface area contributed by atoms with Crippen molar-refractivity contribution >= 4 is 23.7 Å². The van der Waals surface area contributed by atoms with Gasteiger partial charge in [0.1, 0.15) is 12.1 Å². The number of hydrogen-bond donors (Lipinski definition) is 7. The molecule has 0 bridgehead atoms. The Morgan fingerprint density at radius 1 is 0.900 bits per heavy atom. The molecule has 0 radical (unpaired) electrons. The average Bonchev–Trinajstić information content (AvgIpc) is 2.65. The molecule has 0 aliphatic heterocycles. The summed E-state index contributed by atoms with van der Waals surface area (Å²) in [7, 11) is 0. The van der Waals surface area contributed by atoms with Crippen LogP contribution in [0.5, 0.6) is 0 Å². The molecule has 0 aromatic heterocycles. The first-order valence-corrected chi connectivity index (χ1v) is 10.0. The number of aliphatic hydroxyl groups is 2. The Morgan fingerprint density at radius 2 is 1.43 bits per heavy atom. The van der Waals surface area contributed by atoms with Crippen molar-refractivity contribution in [2.24, 2.45) is 17.6 Å². The minimum atomic E-state index is -1.55. The van der Waals surface area contributed by atoms with Gasteiger partial charge in [-0.1, -0.05) is 34.1 Å². The van der Waals surface area contributed by atoms with E-state index < -0.39 is 66.5 Å². The molecular weight excluding hydrogens is 396 g/mol. The standard InChI is InChI=1S/C19H36N4O7/c1-6-10(4)14(18(28)23-15(11(5)25)19(29)30)22-17(27)13(8-24)21-16(26)12(20)7-9(2)3/h9-15,24-25H,6-8,20H2,1-5H3,(H,21,26)(H,22,27)(H,23,28)(H,29,30). The van der Waals surface area contributed by atoms with Crippen molar-refractivity contribution < 1.29 is 34.5 Å². The van der Waals surface area contributed by atoms with Crippen molar-refractivity contribution in [3.05, 3.63) is 0 Å². The van der Waals surface area contributed by atoms with E-state index in [0.29, 0.717) is 12.8 Å². The Hall–Kier alpha value is -2.24. The minimum Gasteiger partial charge on any atom is -0.480 e. The lowest BCUT2D eigenvalue weighted by Crippen LogP contribution is -2.60. The van der Waals surface area contributed by atoms with Crippen LogP contribution in [0.1, 0.15) is 47.5 Å². The van der Waals surface area contributed by atoms with Crippen LogP contribution in [-0.2, 0) is 19.2 Å². The fourth-order valence-electron chi connectivity index (χ4n) is 2.68. The third-order valence-corrected chi connectivity index (χ3v) is 4.72. The zero-order valence-electron chi connectivity index (χ0n) is 18.2. The molecule has 0 aliphatic carbocycles. The van der Waals surface area contributed by atoms with Gasteiger partial charge in [0.25, 0.3) is 0 Å². The molecule has 0 spiro atoms. The average molecular weight is 433 g/mol. The first-order chi connectivity index (χ1) is 13.8. The number of nitrogens with two attached hydrogens (primary N) is 1. The van der Waals surface area contributed by atoms with E-state index in [2.05, 4.69) is 16.0 Å². The van der Waals surface area contributed by atoms with E-state index in [1.807, 2.05) is 13.8 Å². The number of rotatable bonds is 13. The number of aliphatic carboxylic acids is 1. The van der Waals surface area contributed by atoms with Crippen LogP contribution in [0.3, 0.4) is 0 Å². The Labute approximate surface area is 176 Å². The first-order valence-electron chi connectivity index (χ1n) is 10.0. The van der Waals surface area contributed by atoms with E-state index in [-0.39, 0.29) is 5.92 Å². The van der Waals surface area contributed by atoms with Gasteiger partial charge in [0.05, 0.1) is 18.8 Å². The Morgan fingerprint density at radius 3 is 1.83 bits per heavy atom. The van der Waals surface area contributed by atoms with Crippen molar-refractivity contribution in [3.8, 4) is 0 Å². The smallest absolute Gasteiger partial charge is 0.328 e. The van der Waals surface area contributed by atoms with Gasteiger partial charge in [-0.3, -0.25) is 14.4 Å². The zero-order chi connectivity index (χ0) is 23.6. The van der Waals surface area contributed by atoms with Gasteiger partial charge < -0.3 is 37.0 Å². The quantitative estimate of drug-likeness (QED) is 0.179. The topological polar surface area (TPSA) is 191 Å². The molecule has 174 valence electrons. The van der Waals surface area contributed by atoms with Gasteiger partial charge in [-0.15, -0.1) is 0 Å². The summed E-state index contributed by atoms with van der Waals surface area (Å²) in [4.78, 5) is 48.5. The summed E-state index contributed by atoms with van der Waals surface area (Å²) in [6.07, 6.45) is -0.494. The van der Waals surface area contributed by atoms with Gasteiger partial charge >= 0.3 is 5.97 Å². The van der Waals surface area contributed by atoms with E-state index in [9.17, 15) is 29.4 Å². The third kappa shape index (κ3) is 9.06. The molecule has 8 N–H and O–H groups in total. The second-order valence-electron chi connectivity index (χ2n) is 7.92. The van der Waals surface area contributed by atoms with Crippen LogP contribution in [0.25, 0.3) is 0 Å². The van der Waals surface area contributed by atoms with Crippen LogP contribution >= 0.6 is 0 Å². The predicted molar refractivity (Wildman–Crippen MR) is 109 cm³/mol. The maximum absolute atomic E-state index is 12.6. The fraction of sp³-hybridized carbons (Fsp3) is 0.789. The van der Waals surface area contributed by atoms with Gasteiger partial charge in [-0.2, -0.15) is 0 Å². The normalized spacial score (nSPS) is 17.2. The molecule has 6 unspecified atom stereocenters. The van der Waals surface area contributed by atoms with E-state index in [1.54, 1.807) is 13.8 Å². The van der Waals surface area contributed by atoms with Crippen molar-refractivity contribution in [2.45, 2.75) is 77.7 Å². The van der Waals surface area contributed by atoms with Gasteiger partial charge in [-0.25, -0.2) is 4.79 Å². The van der Waals surface area contributed by atoms with Crippen LogP contribution in [0.2, 0.25) is 0 Å². The monoisotopic (exact) mass is 432 g/mol. The van der Waals surface area contributed by atoms with Crippen LogP contribution in [-0.4, -0.2) is 75.9 Å². The lowest BCUT2D eigenvalue weighted by Gasteiger charge is -2.28. The fourth-order valence-corrected chi connectivity index (χ4v) is 2.68. The number of nitrogens with one attached hydrogen (secondary N) is 3. The first kappa shape index (κ1) is 27.8. The van der Waals surface area contributed by atoms with Crippen molar-refractivity contribution in [1.29, 1.82) is 0 Å². The SMILES string of the molecule is CCC(C)C(NC(=O)C(CO)NC(=O)C(N)CC(C)C)C(=O)NC(C(=O)O)C(C)O. The van der Waals surface area contributed by atoms with Gasteiger partial charge in [-0.05, 0) is 25.2 Å². The summed E-state index contributed by atoms with van der Waals surface area (Å²) in [6.45, 7) is 7.72. The van der Waals surface area contributed by atoms with Crippen molar-refractivity contribution in [1.82, 2.24) is 16.0 Å². The van der Waals surface area contributed by atoms with Crippen LogP contribution in [0.4, 0.5) is 0 Å². The van der Waals surface area contributed by atoms with Crippen LogP contribution in [0, 0.1) is 11.8 Å². The largest absolute Gasteiger partial charge is 0.480 e. The molecule has 0 rings (SSSR count). The second-order valence-corrected chi connectivity index (χ2v) is 7.92. The van der Waals surface area contributed by atoms with Crippen molar-refractivity contribution in [2.75, 3.05) is 6.61 Å². The molecule has 0 aliphatic rings. The molecule has 6 atom stereocenters. The van der Waals surface area contributed by atoms with Gasteiger partial charge in [0.2, 0.25) is 17.7 Å². The molecule has 0 aromatic carbocycles. The second kappa shape index (κ2) is 13.1. The van der Waals surface area contributed by atoms with Crippen LogP contribution < -0.4 is 21.7 Å². The lowest BCUT2D eigenvalue weighted by atomic mass is 9.97. The van der Waals surface area contributed by atoms with E-state index in [0.717, 1.165) is 0 Å². The maximum atomic E-state index is 12.6. The highest BCUT2D eigenvalue weighted by atomic mass is 16.4. The van der Waals surface area contributed by atoms with E-state index in [1.165, 1.54) is 6.92 Å². The molecule has 0 saturated heterocycles. The highest BCUT2D eigenvalue weighted by Crippen LogP contribution is 2.10. The Kier molecular flexibility index (Phi) is 12.2.